The van der Waals surface area contributed by atoms with Crippen LogP contribution in [-0.2, 0) is 32.0 Å². The number of hydrogen-bond acceptors (Lipinski definition) is 12. The number of thiazole rings is 2. The van der Waals surface area contributed by atoms with Crippen LogP contribution in [0.15, 0.2) is 70.7 Å². The van der Waals surface area contributed by atoms with E-state index in [1.807, 2.05) is 48.5 Å². The Morgan fingerprint density at radius 3 is 1.48 bits per heavy atom. The number of thiocarbonyl (C=S) groups is 2. The summed E-state index contributed by atoms with van der Waals surface area (Å²) < 4.78 is 0.618. The van der Waals surface area contributed by atoms with Gasteiger partial charge in [0.2, 0.25) is 11.8 Å². The molecule has 2 aromatic heterocycles. The average Bonchev–Trinajstić information content (AvgIpc) is 3.88. The SMILES string of the molecule is O=C(CCCN1C(=O)C(=C2SC(=S)N(CCCC(=O)Nc3ncc(Cc4ccccc4Cl)s3)C2=O)SC1=S)Nc1ncc(Cc2ccccc2Cl)s1. The van der Waals surface area contributed by atoms with E-state index in [1.54, 1.807) is 12.4 Å². The highest BCUT2D eigenvalue weighted by Crippen LogP contribution is 2.42. The summed E-state index contributed by atoms with van der Waals surface area (Å²) >= 11 is 28.3. The molecule has 2 saturated heterocycles. The van der Waals surface area contributed by atoms with Crippen LogP contribution < -0.4 is 10.6 Å². The Morgan fingerprint density at radius 2 is 1.08 bits per heavy atom. The van der Waals surface area contributed by atoms with E-state index in [4.69, 9.17) is 47.6 Å². The number of amides is 4. The maximum absolute atomic E-state index is 13.4. The van der Waals surface area contributed by atoms with Gasteiger partial charge in [0.25, 0.3) is 11.8 Å². The topological polar surface area (TPSA) is 125 Å². The number of nitrogens with one attached hydrogen (secondary N) is 2. The van der Waals surface area contributed by atoms with Gasteiger partial charge < -0.3 is 10.6 Å². The summed E-state index contributed by atoms with van der Waals surface area (Å²) in [5.41, 5.74) is 1.95. The second-order valence-electron chi connectivity index (χ2n) is 11.4. The number of carbonyl (C=O) groups is 4. The second-order valence-corrected chi connectivity index (χ2v) is 17.7. The van der Waals surface area contributed by atoms with Crippen LogP contribution in [0.4, 0.5) is 10.3 Å². The zero-order chi connectivity index (χ0) is 36.8. The zero-order valence-electron chi connectivity index (χ0n) is 27.1. The molecule has 10 nitrogen and oxygen atoms in total. The minimum atomic E-state index is -0.392. The van der Waals surface area contributed by atoms with Crippen LogP contribution in [0.2, 0.25) is 10.0 Å². The van der Waals surface area contributed by atoms with Gasteiger partial charge in [0.1, 0.15) is 8.64 Å². The van der Waals surface area contributed by atoms with E-state index in [1.165, 1.54) is 32.5 Å². The number of benzene rings is 2. The summed E-state index contributed by atoms with van der Waals surface area (Å²) in [4.78, 5) is 65.7. The Bertz CT molecular complexity index is 1960. The number of aromatic nitrogens is 2. The molecular formula is C34H28Cl2N6O4S6. The van der Waals surface area contributed by atoms with E-state index in [2.05, 4.69) is 20.6 Å². The Balaban J connectivity index is 0.941. The van der Waals surface area contributed by atoms with Crippen molar-refractivity contribution >= 4 is 136 Å². The molecule has 52 heavy (non-hydrogen) atoms. The Labute approximate surface area is 336 Å². The third-order valence-electron chi connectivity index (χ3n) is 7.72. The first-order chi connectivity index (χ1) is 25.0. The van der Waals surface area contributed by atoms with E-state index in [0.29, 0.717) is 54.6 Å². The first kappa shape index (κ1) is 38.5. The number of halogens is 2. The molecule has 2 fully saturated rings. The first-order valence-corrected chi connectivity index (χ1v) is 20.7. The third-order valence-corrected chi connectivity index (χ3v) is 13.3. The quantitative estimate of drug-likeness (QED) is 0.0950. The van der Waals surface area contributed by atoms with Gasteiger partial charge >= 0.3 is 0 Å². The fourth-order valence-electron chi connectivity index (χ4n) is 5.17. The molecule has 0 spiro atoms. The fraction of sp³-hybridized carbons (Fsp3) is 0.235. The maximum Gasteiger partial charge on any atom is 0.267 e. The molecule has 6 rings (SSSR count). The minimum absolute atomic E-state index is 0.147. The van der Waals surface area contributed by atoms with Crippen LogP contribution in [0.3, 0.4) is 0 Å². The summed E-state index contributed by atoms with van der Waals surface area (Å²) in [6, 6.07) is 15.2. The Morgan fingerprint density at radius 1 is 0.673 bits per heavy atom. The number of nitrogens with zero attached hydrogens (tertiary/aromatic N) is 4. The standard InChI is InChI=1S/C34H28Cl2N6O4S6/c35-23-9-3-1-7-19(23)15-21-17-37-31(49-21)39-25(43)11-5-13-41-29(45)27(51-33(41)47)28-30(46)42(34(48)52-28)14-6-12-26(44)40-32-38-18-22(50-32)16-20-8-2-4-10-24(20)36/h1-4,7-10,17-18H,5-6,11-16H2,(H,37,39,43)(H,38,40,44). The normalized spacial score (nSPS) is 16.0. The smallest absolute Gasteiger partial charge is 0.267 e. The van der Waals surface area contributed by atoms with Crippen molar-refractivity contribution in [1.29, 1.82) is 0 Å². The van der Waals surface area contributed by atoms with Crippen molar-refractivity contribution in [1.82, 2.24) is 19.8 Å². The van der Waals surface area contributed by atoms with Gasteiger partial charge in [0.05, 0.1) is 9.81 Å². The third kappa shape index (κ3) is 9.65. The van der Waals surface area contributed by atoms with Crippen LogP contribution in [0.1, 0.15) is 46.6 Å². The fourth-order valence-corrected chi connectivity index (χ4v) is 10.0. The van der Waals surface area contributed by atoms with Gasteiger partial charge in [-0.3, -0.25) is 29.0 Å². The van der Waals surface area contributed by atoms with E-state index in [0.717, 1.165) is 44.4 Å². The molecule has 2 N–H and O–H groups in total. The summed E-state index contributed by atoms with van der Waals surface area (Å²) in [6.45, 7) is 0.431. The number of rotatable bonds is 14. The van der Waals surface area contributed by atoms with Crippen LogP contribution in [-0.4, -0.2) is 65.1 Å². The lowest BCUT2D eigenvalue weighted by Crippen LogP contribution is -2.31. The molecule has 4 aromatic rings. The molecule has 0 aliphatic carbocycles. The molecule has 0 atom stereocenters. The highest BCUT2D eigenvalue weighted by molar-refractivity contribution is 8.29. The van der Waals surface area contributed by atoms with Gasteiger partial charge in [-0.15, -0.1) is 22.7 Å². The first-order valence-electron chi connectivity index (χ1n) is 15.8. The molecule has 268 valence electrons. The van der Waals surface area contributed by atoms with Gasteiger partial charge in [-0.25, -0.2) is 9.97 Å². The summed E-state index contributed by atoms with van der Waals surface area (Å²) in [5.74, 6) is -1.25. The van der Waals surface area contributed by atoms with Crippen molar-refractivity contribution < 1.29 is 19.2 Å². The average molecular weight is 848 g/mol. The largest absolute Gasteiger partial charge is 0.302 e. The molecule has 0 bridgehead atoms. The summed E-state index contributed by atoms with van der Waals surface area (Å²) in [7, 11) is 0. The molecule has 4 heterocycles. The van der Waals surface area contributed by atoms with Gasteiger partial charge in [-0.05, 0) is 36.1 Å². The lowest BCUT2D eigenvalue weighted by atomic mass is 10.1. The van der Waals surface area contributed by atoms with Gasteiger partial charge in [-0.1, -0.05) is 108 Å². The number of anilines is 2. The maximum atomic E-state index is 13.4. The lowest BCUT2D eigenvalue weighted by Gasteiger charge is -2.14. The lowest BCUT2D eigenvalue weighted by molar-refractivity contribution is -0.124. The van der Waals surface area contributed by atoms with E-state index in [-0.39, 0.29) is 47.6 Å². The number of carbonyl (C=O) groups excluding carboxylic acids is 4. The predicted octanol–water partition coefficient (Wildman–Crippen LogP) is 8.16. The van der Waals surface area contributed by atoms with Crippen molar-refractivity contribution in [3.8, 4) is 0 Å². The Kier molecular flexibility index (Phi) is 13.1. The molecule has 2 aromatic carbocycles. The van der Waals surface area contributed by atoms with Crippen molar-refractivity contribution in [3.05, 3.63) is 102 Å². The highest BCUT2D eigenvalue weighted by Gasteiger charge is 2.41. The molecule has 0 unspecified atom stereocenters. The van der Waals surface area contributed by atoms with Crippen LogP contribution in [0, 0.1) is 0 Å². The molecular weight excluding hydrogens is 820 g/mol. The predicted molar refractivity (Wildman–Crippen MR) is 219 cm³/mol. The zero-order valence-corrected chi connectivity index (χ0v) is 33.5. The summed E-state index contributed by atoms with van der Waals surface area (Å²) in [6.07, 6.45) is 5.66. The van der Waals surface area contributed by atoms with Crippen molar-refractivity contribution in [2.24, 2.45) is 0 Å². The molecule has 2 aliphatic rings. The summed E-state index contributed by atoms with van der Waals surface area (Å²) in [5, 5.41) is 7.94. The number of hydrogen-bond donors (Lipinski definition) is 2. The molecule has 0 saturated carbocycles. The van der Waals surface area contributed by atoms with Crippen LogP contribution >= 0.6 is 93.8 Å². The van der Waals surface area contributed by atoms with Crippen molar-refractivity contribution in [3.63, 3.8) is 0 Å². The van der Waals surface area contributed by atoms with Crippen molar-refractivity contribution in [2.75, 3.05) is 23.7 Å². The van der Waals surface area contributed by atoms with Gasteiger partial charge in [-0.2, -0.15) is 0 Å². The van der Waals surface area contributed by atoms with Crippen LogP contribution in [0.5, 0.6) is 0 Å². The second kappa shape index (κ2) is 17.7. The van der Waals surface area contributed by atoms with E-state index >= 15 is 0 Å². The Hall–Kier alpha value is -3.22. The van der Waals surface area contributed by atoms with E-state index in [9.17, 15) is 19.2 Å². The minimum Gasteiger partial charge on any atom is -0.302 e. The molecule has 4 amide bonds. The van der Waals surface area contributed by atoms with Gasteiger partial charge in [0.15, 0.2) is 10.3 Å². The highest BCUT2D eigenvalue weighted by atomic mass is 35.5. The van der Waals surface area contributed by atoms with Gasteiger partial charge in [0, 0.05) is 71.0 Å². The number of thioether (sulfide) groups is 2. The molecule has 0 radical (unpaired) electrons. The molecule has 18 heteroatoms. The molecule has 2 aliphatic heterocycles. The van der Waals surface area contributed by atoms with Crippen molar-refractivity contribution in [2.45, 2.75) is 38.5 Å². The van der Waals surface area contributed by atoms with Crippen LogP contribution in [0.25, 0.3) is 0 Å². The monoisotopic (exact) mass is 846 g/mol. The van der Waals surface area contributed by atoms with E-state index < -0.39 is 11.8 Å².